The highest BCUT2D eigenvalue weighted by molar-refractivity contribution is 5.95. The minimum absolute atomic E-state index is 0.164. The molecular formula is C19H20F3N3O4. The number of carbonyl (C=O) groups excluding carboxylic acids is 2. The second kappa shape index (κ2) is 9.78. The van der Waals surface area contributed by atoms with E-state index < -0.39 is 35.0 Å². The Bertz CT molecular complexity index is 909. The van der Waals surface area contributed by atoms with Gasteiger partial charge in [0.1, 0.15) is 11.5 Å². The Morgan fingerprint density at radius 2 is 1.48 bits per heavy atom. The van der Waals surface area contributed by atoms with Crippen LogP contribution in [0.25, 0.3) is 0 Å². The van der Waals surface area contributed by atoms with E-state index in [-0.39, 0.29) is 13.1 Å². The smallest absolute Gasteiger partial charge is 0.238 e. The van der Waals surface area contributed by atoms with Crippen molar-refractivity contribution < 1.29 is 32.2 Å². The molecule has 2 N–H and O–H groups in total. The molecule has 0 bridgehead atoms. The summed E-state index contributed by atoms with van der Waals surface area (Å²) in [6, 6.07) is 6.46. The maximum absolute atomic E-state index is 13.6. The highest BCUT2D eigenvalue weighted by atomic mass is 19.2. The highest BCUT2D eigenvalue weighted by Crippen LogP contribution is 2.28. The minimum Gasteiger partial charge on any atom is -0.497 e. The number of ether oxygens (including phenoxy) is 2. The van der Waals surface area contributed by atoms with Crippen LogP contribution in [-0.2, 0) is 9.59 Å². The van der Waals surface area contributed by atoms with Gasteiger partial charge in [0.25, 0.3) is 0 Å². The van der Waals surface area contributed by atoms with Crippen LogP contribution in [0.1, 0.15) is 0 Å². The monoisotopic (exact) mass is 411 g/mol. The lowest BCUT2D eigenvalue weighted by Crippen LogP contribution is -2.36. The number of hydrogen-bond acceptors (Lipinski definition) is 5. The van der Waals surface area contributed by atoms with Crippen LogP contribution < -0.4 is 20.1 Å². The minimum atomic E-state index is -1.68. The number of nitrogens with zero attached hydrogens (tertiary/aromatic N) is 1. The zero-order valence-corrected chi connectivity index (χ0v) is 16.0. The van der Waals surface area contributed by atoms with Gasteiger partial charge in [-0.25, -0.2) is 13.2 Å². The fourth-order valence-corrected chi connectivity index (χ4v) is 2.45. The van der Waals surface area contributed by atoms with Crippen LogP contribution in [0.4, 0.5) is 24.5 Å². The van der Waals surface area contributed by atoms with Crippen molar-refractivity contribution in [1.82, 2.24) is 4.90 Å². The predicted octanol–water partition coefficient (Wildman–Crippen LogP) is 2.63. The Balaban J connectivity index is 1.92. The predicted molar refractivity (Wildman–Crippen MR) is 101 cm³/mol. The fraction of sp³-hybridized carbons (Fsp3) is 0.263. The average molecular weight is 411 g/mol. The number of hydrogen-bond donors (Lipinski definition) is 2. The fourth-order valence-electron chi connectivity index (χ4n) is 2.45. The largest absolute Gasteiger partial charge is 0.497 e. The van der Waals surface area contributed by atoms with Gasteiger partial charge in [0.2, 0.25) is 11.8 Å². The normalized spacial score (nSPS) is 10.6. The van der Waals surface area contributed by atoms with E-state index in [1.807, 2.05) is 0 Å². The molecule has 0 unspecified atom stereocenters. The van der Waals surface area contributed by atoms with Gasteiger partial charge in [0.15, 0.2) is 17.5 Å². The van der Waals surface area contributed by atoms with E-state index in [1.54, 1.807) is 18.2 Å². The van der Waals surface area contributed by atoms with E-state index in [1.165, 1.54) is 26.2 Å². The molecule has 156 valence electrons. The number of benzene rings is 2. The lowest BCUT2D eigenvalue weighted by Gasteiger charge is -2.17. The summed E-state index contributed by atoms with van der Waals surface area (Å²) in [6.07, 6.45) is 0. The van der Waals surface area contributed by atoms with Gasteiger partial charge in [-0.1, -0.05) is 0 Å². The molecular weight excluding hydrogens is 391 g/mol. The van der Waals surface area contributed by atoms with E-state index in [0.717, 1.165) is 6.07 Å². The first kappa shape index (κ1) is 22.0. The van der Waals surface area contributed by atoms with E-state index in [2.05, 4.69) is 10.6 Å². The first-order chi connectivity index (χ1) is 13.7. The molecule has 7 nitrogen and oxygen atoms in total. The van der Waals surface area contributed by atoms with Crippen molar-refractivity contribution in [3.63, 3.8) is 0 Å². The topological polar surface area (TPSA) is 79.9 Å². The highest BCUT2D eigenvalue weighted by Gasteiger charge is 2.17. The van der Waals surface area contributed by atoms with Gasteiger partial charge in [0, 0.05) is 6.07 Å². The van der Waals surface area contributed by atoms with Crippen molar-refractivity contribution in [3.8, 4) is 11.5 Å². The number of carbonyl (C=O) groups is 2. The number of likely N-dealkylation sites (N-methyl/N-ethyl adjacent to an activating group) is 1. The number of amides is 2. The Morgan fingerprint density at radius 3 is 2.07 bits per heavy atom. The number of anilines is 2. The van der Waals surface area contributed by atoms with Gasteiger partial charge < -0.3 is 20.1 Å². The van der Waals surface area contributed by atoms with Gasteiger partial charge in [-0.3, -0.25) is 14.5 Å². The average Bonchev–Trinajstić information content (AvgIpc) is 2.68. The van der Waals surface area contributed by atoms with Gasteiger partial charge in [0.05, 0.1) is 38.7 Å². The standard InChI is InChI=1S/C19H20F3N3O4/c1-25(10-17(27)24-14-7-5-12(20)18(21)19(14)22)9-16(26)23-13-6-4-11(28-2)8-15(13)29-3/h4-8H,9-10H2,1-3H3,(H,23,26)(H,24,27). The maximum Gasteiger partial charge on any atom is 0.238 e. The molecule has 0 fully saturated rings. The zero-order chi connectivity index (χ0) is 21.6. The molecule has 2 aromatic rings. The molecule has 0 aliphatic carbocycles. The molecule has 0 saturated carbocycles. The van der Waals surface area contributed by atoms with Crippen LogP contribution in [0.3, 0.4) is 0 Å². The summed E-state index contributed by atoms with van der Waals surface area (Å²) in [5, 5.41) is 4.78. The first-order valence-electron chi connectivity index (χ1n) is 8.39. The lowest BCUT2D eigenvalue weighted by molar-refractivity contribution is -0.119. The molecule has 0 aliphatic heterocycles. The molecule has 0 radical (unpaired) electrons. The van der Waals surface area contributed by atoms with Crippen molar-refractivity contribution in [1.29, 1.82) is 0 Å². The molecule has 10 heteroatoms. The third kappa shape index (κ3) is 5.85. The molecule has 2 amide bonds. The van der Waals surface area contributed by atoms with Crippen molar-refractivity contribution in [3.05, 3.63) is 47.8 Å². The molecule has 0 aliphatic rings. The maximum atomic E-state index is 13.6. The molecule has 0 saturated heterocycles. The summed E-state index contributed by atoms with van der Waals surface area (Å²) >= 11 is 0. The summed E-state index contributed by atoms with van der Waals surface area (Å²) in [5.41, 5.74) is -0.0743. The van der Waals surface area contributed by atoms with E-state index in [9.17, 15) is 22.8 Å². The molecule has 0 heterocycles. The Morgan fingerprint density at radius 1 is 0.897 bits per heavy atom. The quantitative estimate of drug-likeness (QED) is 0.653. The number of nitrogens with one attached hydrogen (secondary N) is 2. The number of methoxy groups -OCH3 is 2. The molecule has 2 aromatic carbocycles. The number of halogens is 3. The first-order valence-corrected chi connectivity index (χ1v) is 8.39. The number of rotatable bonds is 8. The van der Waals surface area contributed by atoms with Gasteiger partial charge in [-0.05, 0) is 31.3 Å². The zero-order valence-electron chi connectivity index (χ0n) is 16.0. The van der Waals surface area contributed by atoms with Crippen LogP contribution in [0.5, 0.6) is 11.5 Å². The van der Waals surface area contributed by atoms with E-state index in [4.69, 9.17) is 9.47 Å². The van der Waals surface area contributed by atoms with E-state index in [0.29, 0.717) is 23.3 Å². The van der Waals surface area contributed by atoms with Crippen molar-refractivity contribution in [2.45, 2.75) is 0 Å². The van der Waals surface area contributed by atoms with Crippen LogP contribution in [-0.4, -0.2) is 51.1 Å². The molecule has 0 spiro atoms. The summed E-state index contributed by atoms with van der Waals surface area (Å²) < 4.78 is 50.0. The Hall–Kier alpha value is -3.27. The summed E-state index contributed by atoms with van der Waals surface area (Å²) in [5.74, 6) is -4.71. The molecule has 29 heavy (non-hydrogen) atoms. The van der Waals surface area contributed by atoms with E-state index >= 15 is 0 Å². The third-order valence-corrected chi connectivity index (χ3v) is 3.82. The van der Waals surface area contributed by atoms with Crippen LogP contribution in [0, 0.1) is 17.5 Å². The SMILES string of the molecule is COc1ccc(NC(=O)CN(C)CC(=O)Nc2ccc(F)c(F)c2F)c(OC)c1. The van der Waals surface area contributed by atoms with Crippen LogP contribution in [0.15, 0.2) is 30.3 Å². The van der Waals surface area contributed by atoms with Gasteiger partial charge in [-0.2, -0.15) is 0 Å². The summed E-state index contributed by atoms with van der Waals surface area (Å²) in [6.45, 7) is -0.450. The van der Waals surface area contributed by atoms with Crippen molar-refractivity contribution in [2.75, 3.05) is 45.0 Å². The lowest BCUT2D eigenvalue weighted by atomic mass is 10.2. The Kier molecular flexibility index (Phi) is 7.43. The van der Waals surface area contributed by atoms with Gasteiger partial charge >= 0.3 is 0 Å². The second-order valence-corrected chi connectivity index (χ2v) is 6.06. The summed E-state index contributed by atoms with van der Waals surface area (Å²) in [7, 11) is 4.43. The summed E-state index contributed by atoms with van der Waals surface area (Å²) in [4.78, 5) is 25.5. The second-order valence-electron chi connectivity index (χ2n) is 6.06. The molecule has 2 rings (SSSR count). The van der Waals surface area contributed by atoms with Crippen molar-refractivity contribution >= 4 is 23.2 Å². The van der Waals surface area contributed by atoms with Gasteiger partial charge in [-0.15, -0.1) is 0 Å². The molecule has 0 aromatic heterocycles. The van der Waals surface area contributed by atoms with Crippen molar-refractivity contribution in [2.24, 2.45) is 0 Å². The third-order valence-electron chi connectivity index (χ3n) is 3.82. The Labute approximate surface area is 165 Å². The van der Waals surface area contributed by atoms with Crippen LogP contribution >= 0.6 is 0 Å². The van der Waals surface area contributed by atoms with Crippen LogP contribution in [0.2, 0.25) is 0 Å². The molecule has 0 atom stereocenters.